The monoisotopic (exact) mass is 278 g/mol. The number of hydrogen-bond acceptors (Lipinski definition) is 6. The normalized spacial score (nSPS) is 12.3. The Hall–Kier alpha value is -2.11. The molecule has 2 aromatic rings. The molecule has 0 saturated heterocycles. The van der Waals surface area contributed by atoms with Gasteiger partial charge in [-0.25, -0.2) is 0 Å². The summed E-state index contributed by atoms with van der Waals surface area (Å²) in [6.45, 7) is 5.92. The van der Waals surface area contributed by atoms with Crippen LogP contribution in [-0.2, 0) is 9.53 Å². The van der Waals surface area contributed by atoms with E-state index in [1.807, 2.05) is 13.8 Å². The van der Waals surface area contributed by atoms with Gasteiger partial charge in [-0.05, 0) is 26.3 Å². The number of nitrogens with zero attached hydrogens (tertiary/aromatic N) is 2. The predicted molar refractivity (Wildman–Crippen MR) is 71.0 cm³/mol. The van der Waals surface area contributed by atoms with Crippen LogP contribution in [0.25, 0.3) is 11.4 Å². The van der Waals surface area contributed by atoms with Gasteiger partial charge in [0.25, 0.3) is 0 Å². The van der Waals surface area contributed by atoms with Crippen LogP contribution in [-0.4, -0.2) is 22.7 Å². The Balaban J connectivity index is 2.25. The minimum atomic E-state index is -0.506. The number of carbonyl (C=O) groups is 1. The molecule has 6 nitrogen and oxygen atoms in total. The molecule has 2 heterocycles. The first-order chi connectivity index (χ1) is 9.67. The van der Waals surface area contributed by atoms with E-state index in [2.05, 4.69) is 10.1 Å². The van der Waals surface area contributed by atoms with Crippen LogP contribution in [0, 0.1) is 6.92 Å². The molecular formula is C14H18N2O4. The molecule has 2 aromatic heterocycles. The number of rotatable bonds is 6. The Bertz CT molecular complexity index is 573. The van der Waals surface area contributed by atoms with Crippen LogP contribution in [0.2, 0.25) is 0 Å². The van der Waals surface area contributed by atoms with Gasteiger partial charge in [0.1, 0.15) is 11.7 Å². The Labute approximate surface area is 117 Å². The van der Waals surface area contributed by atoms with Gasteiger partial charge < -0.3 is 13.7 Å². The van der Waals surface area contributed by atoms with Gasteiger partial charge in [-0.2, -0.15) is 4.98 Å². The highest BCUT2D eigenvalue weighted by molar-refractivity contribution is 5.77. The smallest absolute Gasteiger partial charge is 0.318 e. The van der Waals surface area contributed by atoms with Gasteiger partial charge in [-0.1, -0.05) is 18.5 Å². The van der Waals surface area contributed by atoms with E-state index < -0.39 is 5.92 Å². The van der Waals surface area contributed by atoms with Crippen molar-refractivity contribution in [2.75, 3.05) is 6.61 Å². The predicted octanol–water partition coefficient (Wildman–Crippen LogP) is 3.08. The van der Waals surface area contributed by atoms with Gasteiger partial charge >= 0.3 is 5.97 Å². The van der Waals surface area contributed by atoms with Crippen LogP contribution in [0.4, 0.5) is 0 Å². The summed E-state index contributed by atoms with van der Waals surface area (Å²) in [5, 5.41) is 3.91. The molecule has 0 aromatic carbocycles. The molecule has 0 amide bonds. The van der Waals surface area contributed by atoms with Crippen LogP contribution >= 0.6 is 0 Å². The highest BCUT2D eigenvalue weighted by atomic mass is 16.5. The van der Waals surface area contributed by atoms with Crippen LogP contribution in [0.5, 0.6) is 0 Å². The molecule has 0 bridgehead atoms. The van der Waals surface area contributed by atoms with Crippen molar-refractivity contribution in [3.8, 4) is 11.4 Å². The first-order valence-electron chi connectivity index (χ1n) is 6.72. The molecule has 0 aliphatic rings. The molecule has 0 spiro atoms. The van der Waals surface area contributed by atoms with Crippen LogP contribution < -0.4 is 0 Å². The fraction of sp³-hybridized carbons (Fsp3) is 0.500. The Morgan fingerprint density at radius 1 is 1.45 bits per heavy atom. The first-order valence-corrected chi connectivity index (χ1v) is 6.72. The molecule has 20 heavy (non-hydrogen) atoms. The first kappa shape index (κ1) is 14.3. The highest BCUT2D eigenvalue weighted by Gasteiger charge is 2.27. The number of carbonyl (C=O) groups excluding carboxylic acids is 1. The summed E-state index contributed by atoms with van der Waals surface area (Å²) < 4.78 is 15.5. The third-order valence-corrected chi connectivity index (χ3v) is 2.99. The topological polar surface area (TPSA) is 78.4 Å². The lowest BCUT2D eigenvalue weighted by molar-refractivity contribution is -0.145. The summed E-state index contributed by atoms with van der Waals surface area (Å²) >= 11 is 0. The molecule has 0 aliphatic carbocycles. The molecule has 0 aliphatic heterocycles. The van der Waals surface area contributed by atoms with Crippen molar-refractivity contribution in [3.05, 3.63) is 24.0 Å². The molecule has 6 heteroatoms. The second-order valence-corrected chi connectivity index (χ2v) is 4.44. The van der Waals surface area contributed by atoms with Gasteiger partial charge in [0, 0.05) is 0 Å². The van der Waals surface area contributed by atoms with E-state index in [0.29, 0.717) is 30.5 Å². The third-order valence-electron chi connectivity index (χ3n) is 2.99. The number of aryl methyl sites for hydroxylation is 1. The molecule has 0 radical (unpaired) electrons. The summed E-state index contributed by atoms with van der Waals surface area (Å²) in [5.74, 6) is 0.597. The maximum Gasteiger partial charge on any atom is 0.318 e. The quantitative estimate of drug-likeness (QED) is 0.755. The van der Waals surface area contributed by atoms with Crippen molar-refractivity contribution in [3.63, 3.8) is 0 Å². The lowest BCUT2D eigenvalue weighted by Crippen LogP contribution is -2.16. The fourth-order valence-corrected chi connectivity index (χ4v) is 1.98. The maximum absolute atomic E-state index is 11.9. The van der Waals surface area contributed by atoms with Crippen molar-refractivity contribution in [2.24, 2.45) is 0 Å². The molecular weight excluding hydrogens is 260 g/mol. The van der Waals surface area contributed by atoms with E-state index in [0.717, 1.165) is 12.0 Å². The average molecular weight is 278 g/mol. The lowest BCUT2D eigenvalue weighted by atomic mass is 10.0. The van der Waals surface area contributed by atoms with Crippen molar-refractivity contribution in [1.29, 1.82) is 0 Å². The molecule has 2 rings (SSSR count). The zero-order valence-electron chi connectivity index (χ0n) is 11.9. The van der Waals surface area contributed by atoms with E-state index in [1.54, 1.807) is 19.3 Å². The zero-order chi connectivity index (χ0) is 14.5. The molecule has 0 N–H and O–H groups in total. The van der Waals surface area contributed by atoms with Gasteiger partial charge in [0.15, 0.2) is 0 Å². The van der Waals surface area contributed by atoms with Crippen molar-refractivity contribution < 1.29 is 18.5 Å². The molecule has 108 valence electrons. The van der Waals surface area contributed by atoms with Crippen LogP contribution in [0.1, 0.15) is 44.3 Å². The number of hydrogen-bond donors (Lipinski definition) is 0. The van der Waals surface area contributed by atoms with Crippen molar-refractivity contribution >= 4 is 5.97 Å². The van der Waals surface area contributed by atoms with E-state index >= 15 is 0 Å². The van der Waals surface area contributed by atoms with E-state index in [1.165, 1.54) is 0 Å². The third kappa shape index (κ3) is 2.89. The number of ether oxygens (including phenoxy) is 1. The van der Waals surface area contributed by atoms with E-state index in [9.17, 15) is 4.79 Å². The van der Waals surface area contributed by atoms with E-state index in [4.69, 9.17) is 13.7 Å². The Kier molecular flexibility index (Phi) is 4.55. The second kappa shape index (κ2) is 6.36. The largest absolute Gasteiger partial charge is 0.469 e. The maximum atomic E-state index is 11.9. The zero-order valence-corrected chi connectivity index (χ0v) is 11.9. The summed E-state index contributed by atoms with van der Waals surface area (Å²) in [6, 6.07) is 1.77. The number of furan rings is 1. The molecule has 1 atom stereocenters. The minimum Gasteiger partial charge on any atom is -0.469 e. The van der Waals surface area contributed by atoms with E-state index in [-0.39, 0.29) is 5.97 Å². The van der Waals surface area contributed by atoms with Crippen LogP contribution in [0.15, 0.2) is 21.3 Å². The van der Waals surface area contributed by atoms with Gasteiger partial charge in [0.05, 0.1) is 18.4 Å². The van der Waals surface area contributed by atoms with Gasteiger partial charge in [-0.3, -0.25) is 4.79 Å². The number of aromatic nitrogens is 2. The summed E-state index contributed by atoms with van der Waals surface area (Å²) in [7, 11) is 0. The molecule has 0 saturated carbocycles. The number of esters is 1. The molecule has 1 unspecified atom stereocenters. The van der Waals surface area contributed by atoms with Gasteiger partial charge in [-0.15, -0.1) is 0 Å². The second-order valence-electron chi connectivity index (χ2n) is 4.44. The van der Waals surface area contributed by atoms with Crippen molar-refractivity contribution in [1.82, 2.24) is 10.1 Å². The summed E-state index contributed by atoms with van der Waals surface area (Å²) in [5.41, 5.74) is 0.763. The Morgan fingerprint density at radius 3 is 2.85 bits per heavy atom. The van der Waals surface area contributed by atoms with Crippen LogP contribution in [0.3, 0.4) is 0 Å². The average Bonchev–Trinajstić information content (AvgIpc) is 3.04. The lowest BCUT2D eigenvalue weighted by Gasteiger charge is -2.09. The van der Waals surface area contributed by atoms with Crippen molar-refractivity contribution in [2.45, 2.75) is 39.5 Å². The minimum absolute atomic E-state index is 0.293. The standard InChI is InChI=1S/C14H18N2O4/c1-4-6-11(14(17)18-5-2)13-15-12(16-20-13)10-7-8-19-9(10)3/h7-8,11H,4-6H2,1-3H3. The fourth-order valence-electron chi connectivity index (χ4n) is 1.98. The SMILES string of the molecule is CCCC(C(=O)OCC)c1nc(-c2ccoc2C)no1. The summed E-state index contributed by atoms with van der Waals surface area (Å²) in [4.78, 5) is 16.2. The highest BCUT2D eigenvalue weighted by Crippen LogP contribution is 2.26. The Morgan fingerprint density at radius 2 is 2.25 bits per heavy atom. The summed E-state index contributed by atoms with van der Waals surface area (Å²) in [6.07, 6.45) is 3.01. The van der Waals surface area contributed by atoms with Gasteiger partial charge in [0.2, 0.25) is 11.7 Å². The molecule has 0 fully saturated rings.